The van der Waals surface area contributed by atoms with Crippen molar-refractivity contribution in [2.75, 3.05) is 13.2 Å². The molecule has 0 aliphatic rings. The first-order valence-electron chi connectivity index (χ1n) is 6.11. The van der Waals surface area contributed by atoms with Crippen molar-refractivity contribution in [2.24, 2.45) is 0 Å². The smallest absolute Gasteiger partial charge is 0.339 e. The van der Waals surface area contributed by atoms with E-state index in [-0.39, 0.29) is 29.5 Å². The monoisotopic (exact) mass is 310 g/mol. The van der Waals surface area contributed by atoms with Gasteiger partial charge in [0.25, 0.3) is 0 Å². The van der Waals surface area contributed by atoms with Crippen molar-refractivity contribution in [3.63, 3.8) is 0 Å². The number of ether oxygens (including phenoxy) is 2. The quantitative estimate of drug-likeness (QED) is 0.828. The molecule has 21 heavy (non-hydrogen) atoms. The first kappa shape index (κ1) is 15.1. The van der Waals surface area contributed by atoms with Gasteiger partial charge in [-0.15, -0.1) is 0 Å². The molecule has 0 bridgehead atoms. The Kier molecular flexibility index (Phi) is 5.00. The van der Waals surface area contributed by atoms with E-state index in [4.69, 9.17) is 26.2 Å². The van der Waals surface area contributed by atoms with Crippen LogP contribution in [0, 0.1) is 5.82 Å². The first-order chi connectivity index (χ1) is 10.1. The number of benzene rings is 2. The predicted octanol–water partition coefficient (Wildman–Crippen LogP) is 3.64. The maximum absolute atomic E-state index is 13.0. The van der Waals surface area contributed by atoms with Gasteiger partial charge in [0.05, 0.1) is 5.02 Å². The summed E-state index contributed by atoms with van der Waals surface area (Å²) in [4.78, 5) is 11.0. The van der Waals surface area contributed by atoms with Crippen molar-refractivity contribution in [2.45, 2.75) is 0 Å². The third kappa shape index (κ3) is 4.10. The lowest BCUT2D eigenvalue weighted by Gasteiger charge is -2.10. The average molecular weight is 311 g/mol. The molecule has 2 rings (SSSR count). The van der Waals surface area contributed by atoms with Crippen LogP contribution >= 0.6 is 11.6 Å². The van der Waals surface area contributed by atoms with Crippen molar-refractivity contribution in [1.82, 2.24) is 0 Å². The number of hydrogen-bond acceptors (Lipinski definition) is 3. The number of hydrogen-bond donors (Lipinski definition) is 1. The highest BCUT2D eigenvalue weighted by Crippen LogP contribution is 2.21. The standard InChI is InChI=1S/C15H12ClFO4/c16-12-9-10(5-6-13(12)17)20-7-8-21-14-4-2-1-3-11(14)15(18)19/h1-6,9H,7-8H2,(H,18,19). The average Bonchev–Trinajstić information content (AvgIpc) is 2.47. The van der Waals surface area contributed by atoms with Crippen LogP contribution in [0.5, 0.6) is 11.5 Å². The summed E-state index contributed by atoms with van der Waals surface area (Å²) >= 11 is 5.63. The summed E-state index contributed by atoms with van der Waals surface area (Å²) in [5.41, 5.74) is 0.0855. The number of halogens is 2. The zero-order valence-electron chi connectivity index (χ0n) is 10.9. The number of rotatable bonds is 6. The van der Waals surface area contributed by atoms with Gasteiger partial charge in [0.1, 0.15) is 36.1 Å². The molecule has 6 heteroatoms. The van der Waals surface area contributed by atoms with Crippen LogP contribution in [-0.2, 0) is 0 Å². The van der Waals surface area contributed by atoms with E-state index in [0.717, 1.165) is 0 Å². The van der Waals surface area contributed by atoms with Gasteiger partial charge in [-0.1, -0.05) is 23.7 Å². The normalized spacial score (nSPS) is 10.2. The highest BCUT2D eigenvalue weighted by Gasteiger charge is 2.09. The molecular weight excluding hydrogens is 299 g/mol. The van der Waals surface area contributed by atoms with E-state index in [9.17, 15) is 9.18 Å². The van der Waals surface area contributed by atoms with Crippen molar-refractivity contribution in [3.05, 3.63) is 58.9 Å². The fraction of sp³-hybridized carbons (Fsp3) is 0.133. The summed E-state index contributed by atoms with van der Waals surface area (Å²) in [6, 6.07) is 10.3. The Morgan fingerprint density at radius 3 is 2.57 bits per heavy atom. The van der Waals surface area contributed by atoms with Crippen LogP contribution in [0.2, 0.25) is 5.02 Å². The topological polar surface area (TPSA) is 55.8 Å². The molecule has 0 atom stereocenters. The molecular formula is C15H12ClFO4. The molecule has 0 aliphatic heterocycles. The summed E-state index contributed by atoms with van der Waals surface area (Å²) < 4.78 is 23.7. The zero-order valence-corrected chi connectivity index (χ0v) is 11.6. The fourth-order valence-electron chi connectivity index (χ4n) is 1.65. The van der Waals surface area contributed by atoms with Crippen LogP contribution in [0.1, 0.15) is 10.4 Å². The van der Waals surface area contributed by atoms with Gasteiger partial charge in [-0.25, -0.2) is 9.18 Å². The Morgan fingerprint density at radius 1 is 1.14 bits per heavy atom. The molecule has 0 saturated carbocycles. The Bertz CT molecular complexity index is 645. The molecule has 0 aromatic heterocycles. The molecule has 0 aliphatic carbocycles. The summed E-state index contributed by atoms with van der Waals surface area (Å²) in [6.07, 6.45) is 0. The number of carbonyl (C=O) groups is 1. The van der Waals surface area contributed by atoms with Gasteiger partial charge >= 0.3 is 5.97 Å². The van der Waals surface area contributed by atoms with Crippen molar-refractivity contribution >= 4 is 17.6 Å². The molecule has 1 N–H and O–H groups in total. The molecule has 2 aromatic carbocycles. The Balaban J connectivity index is 1.87. The van der Waals surface area contributed by atoms with E-state index in [2.05, 4.69) is 0 Å². The number of carboxylic acids is 1. The third-order valence-corrected chi connectivity index (χ3v) is 2.91. The van der Waals surface area contributed by atoms with Crippen molar-refractivity contribution in [1.29, 1.82) is 0 Å². The Morgan fingerprint density at radius 2 is 1.86 bits per heavy atom. The van der Waals surface area contributed by atoms with E-state index in [1.165, 1.54) is 24.3 Å². The van der Waals surface area contributed by atoms with Gasteiger partial charge in [0.15, 0.2) is 0 Å². The molecule has 0 amide bonds. The number of aromatic carboxylic acids is 1. The molecule has 0 unspecified atom stereocenters. The highest BCUT2D eigenvalue weighted by atomic mass is 35.5. The van der Waals surface area contributed by atoms with E-state index in [1.54, 1.807) is 18.2 Å². The number of carboxylic acid groups (broad SMARTS) is 1. The van der Waals surface area contributed by atoms with Crippen LogP contribution in [0.4, 0.5) is 4.39 Å². The summed E-state index contributed by atoms with van der Waals surface area (Å²) in [5.74, 6) is -0.894. The predicted molar refractivity (Wildman–Crippen MR) is 75.8 cm³/mol. The second-order valence-corrected chi connectivity index (χ2v) is 4.48. The summed E-state index contributed by atoms with van der Waals surface area (Å²) in [6.45, 7) is 0.329. The molecule has 110 valence electrons. The van der Waals surface area contributed by atoms with Crippen molar-refractivity contribution < 1.29 is 23.8 Å². The van der Waals surface area contributed by atoms with E-state index < -0.39 is 11.8 Å². The first-order valence-corrected chi connectivity index (χ1v) is 6.48. The minimum atomic E-state index is -1.06. The molecule has 0 spiro atoms. The van der Waals surface area contributed by atoms with Crippen LogP contribution in [0.3, 0.4) is 0 Å². The largest absolute Gasteiger partial charge is 0.490 e. The zero-order chi connectivity index (χ0) is 15.2. The Hall–Kier alpha value is -2.27. The molecule has 4 nitrogen and oxygen atoms in total. The van der Waals surface area contributed by atoms with Crippen LogP contribution in [0.25, 0.3) is 0 Å². The van der Waals surface area contributed by atoms with Gasteiger partial charge in [0.2, 0.25) is 0 Å². The highest BCUT2D eigenvalue weighted by molar-refractivity contribution is 6.30. The lowest BCUT2D eigenvalue weighted by Crippen LogP contribution is -2.11. The Labute approximate surface area is 125 Å². The maximum atomic E-state index is 13.0. The minimum Gasteiger partial charge on any atom is -0.490 e. The molecule has 0 radical (unpaired) electrons. The van der Waals surface area contributed by atoms with Gasteiger partial charge in [-0.05, 0) is 24.3 Å². The van der Waals surface area contributed by atoms with Gasteiger partial charge in [0, 0.05) is 6.07 Å². The fourth-order valence-corrected chi connectivity index (χ4v) is 1.82. The maximum Gasteiger partial charge on any atom is 0.339 e. The lowest BCUT2D eigenvalue weighted by atomic mass is 10.2. The van der Waals surface area contributed by atoms with Gasteiger partial charge < -0.3 is 14.6 Å². The third-order valence-electron chi connectivity index (χ3n) is 2.62. The van der Waals surface area contributed by atoms with Crippen molar-refractivity contribution in [3.8, 4) is 11.5 Å². The molecule has 0 saturated heterocycles. The van der Waals surface area contributed by atoms with Gasteiger partial charge in [-0.3, -0.25) is 0 Å². The van der Waals surface area contributed by atoms with Crippen LogP contribution in [-0.4, -0.2) is 24.3 Å². The second-order valence-electron chi connectivity index (χ2n) is 4.07. The SMILES string of the molecule is O=C(O)c1ccccc1OCCOc1ccc(F)c(Cl)c1. The van der Waals surface area contributed by atoms with E-state index in [1.807, 2.05) is 0 Å². The van der Waals surface area contributed by atoms with Crippen LogP contribution < -0.4 is 9.47 Å². The van der Waals surface area contributed by atoms with E-state index >= 15 is 0 Å². The molecule has 2 aromatic rings. The second kappa shape index (κ2) is 6.95. The number of para-hydroxylation sites is 1. The van der Waals surface area contributed by atoms with Gasteiger partial charge in [-0.2, -0.15) is 0 Å². The molecule has 0 fully saturated rings. The summed E-state index contributed by atoms with van der Waals surface area (Å²) in [7, 11) is 0. The lowest BCUT2D eigenvalue weighted by molar-refractivity contribution is 0.0691. The summed E-state index contributed by atoms with van der Waals surface area (Å²) in [5, 5.41) is 8.97. The van der Waals surface area contributed by atoms with E-state index in [0.29, 0.717) is 5.75 Å². The van der Waals surface area contributed by atoms with Crippen LogP contribution in [0.15, 0.2) is 42.5 Å². The minimum absolute atomic E-state index is 0.0235. The molecule has 0 heterocycles.